The number of hydrogen-bond donors (Lipinski definition) is 1. The van der Waals surface area contributed by atoms with Crippen molar-refractivity contribution in [2.75, 3.05) is 6.61 Å². The highest BCUT2D eigenvalue weighted by Gasteiger charge is 2.11. The molecule has 3 nitrogen and oxygen atoms in total. The molecule has 0 saturated heterocycles. The molecule has 0 bridgehead atoms. The molecule has 1 N–H and O–H groups in total. The third kappa shape index (κ3) is 4.99. The number of rotatable bonds is 8. The summed E-state index contributed by atoms with van der Waals surface area (Å²) in [7, 11) is 0. The molecule has 6 heteroatoms. The molecule has 0 spiro atoms. The Morgan fingerprint density at radius 3 is 2.71 bits per heavy atom. The molecule has 0 amide bonds. The fourth-order valence-corrected chi connectivity index (χ4v) is 2.54. The molecule has 0 saturated carbocycles. The second-order valence-electron chi connectivity index (χ2n) is 4.28. The van der Waals surface area contributed by atoms with Crippen molar-refractivity contribution in [2.45, 2.75) is 26.6 Å². The van der Waals surface area contributed by atoms with Gasteiger partial charge in [-0.05, 0) is 36.1 Å². The Morgan fingerprint density at radius 2 is 2.05 bits per heavy atom. The predicted octanol–water partition coefficient (Wildman–Crippen LogP) is 4.04. The molecule has 114 valence electrons. The predicted molar refractivity (Wildman–Crippen MR) is 79.1 cm³/mol. The Kier molecular flexibility index (Phi) is 5.95. The Morgan fingerprint density at radius 1 is 1.19 bits per heavy atom. The average molecular weight is 313 g/mol. The van der Waals surface area contributed by atoms with Gasteiger partial charge < -0.3 is 14.8 Å². The standard InChI is InChI=1S/C15H17F2NO2S/c1-2-19-14-8-11(5-6-13(14)20-15(16)17)9-18-10-12-4-3-7-21-12/h3-8,15,18H,2,9-10H2,1H3. The Balaban J connectivity index is 1.97. The third-order valence-corrected chi connectivity index (χ3v) is 3.61. The monoisotopic (exact) mass is 313 g/mol. The Labute approximate surface area is 126 Å². The van der Waals surface area contributed by atoms with E-state index < -0.39 is 6.61 Å². The van der Waals surface area contributed by atoms with Crippen LogP contribution in [-0.4, -0.2) is 13.2 Å². The maximum absolute atomic E-state index is 12.3. The van der Waals surface area contributed by atoms with Crippen molar-refractivity contribution in [1.29, 1.82) is 0 Å². The van der Waals surface area contributed by atoms with Gasteiger partial charge in [-0.1, -0.05) is 12.1 Å². The summed E-state index contributed by atoms with van der Waals surface area (Å²) in [4.78, 5) is 1.25. The van der Waals surface area contributed by atoms with Gasteiger partial charge in [-0.15, -0.1) is 11.3 Å². The van der Waals surface area contributed by atoms with Crippen molar-refractivity contribution in [3.8, 4) is 11.5 Å². The lowest BCUT2D eigenvalue weighted by atomic mass is 10.2. The molecule has 1 aromatic heterocycles. The van der Waals surface area contributed by atoms with Crippen LogP contribution in [0.3, 0.4) is 0 Å². The molecule has 1 aromatic carbocycles. The van der Waals surface area contributed by atoms with E-state index in [2.05, 4.69) is 16.1 Å². The van der Waals surface area contributed by atoms with Crippen LogP contribution < -0.4 is 14.8 Å². The summed E-state index contributed by atoms with van der Waals surface area (Å²) in [5, 5.41) is 5.33. The van der Waals surface area contributed by atoms with Gasteiger partial charge in [0.15, 0.2) is 11.5 Å². The molecule has 0 fully saturated rings. The summed E-state index contributed by atoms with van der Waals surface area (Å²) < 4.78 is 34.4. The normalized spacial score (nSPS) is 10.9. The van der Waals surface area contributed by atoms with Crippen LogP contribution in [0.15, 0.2) is 35.7 Å². The van der Waals surface area contributed by atoms with Gasteiger partial charge in [0.2, 0.25) is 0 Å². The molecule has 0 unspecified atom stereocenters. The smallest absolute Gasteiger partial charge is 0.387 e. The lowest BCUT2D eigenvalue weighted by Gasteiger charge is -2.13. The van der Waals surface area contributed by atoms with Gasteiger partial charge in [-0.2, -0.15) is 8.78 Å². The number of nitrogens with one attached hydrogen (secondary N) is 1. The van der Waals surface area contributed by atoms with Gasteiger partial charge in [0.25, 0.3) is 0 Å². The highest BCUT2D eigenvalue weighted by atomic mass is 32.1. The molecule has 1 heterocycles. The Hall–Kier alpha value is -1.66. The van der Waals surface area contributed by atoms with E-state index in [1.54, 1.807) is 30.4 Å². The molecule has 21 heavy (non-hydrogen) atoms. The summed E-state index contributed by atoms with van der Waals surface area (Å²) in [5.41, 5.74) is 0.955. The van der Waals surface area contributed by atoms with E-state index in [9.17, 15) is 8.78 Å². The topological polar surface area (TPSA) is 30.5 Å². The second kappa shape index (κ2) is 7.95. The molecule has 0 aliphatic heterocycles. The van der Waals surface area contributed by atoms with Gasteiger partial charge in [0, 0.05) is 18.0 Å². The van der Waals surface area contributed by atoms with Crippen molar-refractivity contribution in [3.05, 3.63) is 46.2 Å². The lowest BCUT2D eigenvalue weighted by molar-refractivity contribution is -0.0514. The van der Waals surface area contributed by atoms with E-state index in [-0.39, 0.29) is 5.75 Å². The lowest BCUT2D eigenvalue weighted by Crippen LogP contribution is -2.12. The van der Waals surface area contributed by atoms with Crippen molar-refractivity contribution in [2.24, 2.45) is 0 Å². The molecular formula is C15H17F2NO2S. The maximum Gasteiger partial charge on any atom is 0.387 e. The highest BCUT2D eigenvalue weighted by Crippen LogP contribution is 2.29. The maximum atomic E-state index is 12.3. The first-order valence-corrected chi connectivity index (χ1v) is 7.50. The van der Waals surface area contributed by atoms with E-state index in [4.69, 9.17) is 4.74 Å². The molecule has 2 aromatic rings. The summed E-state index contributed by atoms with van der Waals surface area (Å²) >= 11 is 1.69. The molecule has 0 radical (unpaired) electrons. The average Bonchev–Trinajstić information content (AvgIpc) is 2.94. The zero-order chi connectivity index (χ0) is 15.1. The van der Waals surface area contributed by atoms with Crippen molar-refractivity contribution >= 4 is 11.3 Å². The first kappa shape index (κ1) is 15.7. The number of ether oxygens (including phenoxy) is 2. The number of thiophene rings is 1. The minimum absolute atomic E-state index is 0.0638. The first-order valence-electron chi connectivity index (χ1n) is 6.62. The van der Waals surface area contributed by atoms with Crippen LogP contribution in [-0.2, 0) is 13.1 Å². The van der Waals surface area contributed by atoms with Crippen LogP contribution in [0.4, 0.5) is 8.78 Å². The summed E-state index contributed by atoms with van der Waals surface area (Å²) in [5.74, 6) is 0.405. The van der Waals surface area contributed by atoms with Crippen LogP contribution in [0.1, 0.15) is 17.4 Å². The van der Waals surface area contributed by atoms with E-state index in [1.165, 1.54) is 10.9 Å². The molecule has 2 rings (SSSR count). The van der Waals surface area contributed by atoms with E-state index in [1.807, 2.05) is 11.4 Å². The summed E-state index contributed by atoms with van der Waals surface area (Å²) in [6.45, 7) is 0.746. The number of alkyl halides is 2. The van der Waals surface area contributed by atoms with Crippen LogP contribution in [0, 0.1) is 0 Å². The molecular weight excluding hydrogens is 296 g/mol. The SMILES string of the molecule is CCOc1cc(CNCc2cccs2)ccc1OC(F)F. The van der Waals surface area contributed by atoms with Gasteiger partial charge in [0.05, 0.1) is 6.61 Å². The number of halogens is 2. The summed E-state index contributed by atoms with van der Waals surface area (Å²) in [6.07, 6.45) is 0. The zero-order valence-corrected chi connectivity index (χ0v) is 12.5. The fraction of sp³-hybridized carbons (Fsp3) is 0.333. The van der Waals surface area contributed by atoms with E-state index in [0.717, 1.165) is 12.1 Å². The van der Waals surface area contributed by atoms with Crippen LogP contribution in [0.2, 0.25) is 0 Å². The minimum atomic E-state index is -2.85. The zero-order valence-electron chi connectivity index (χ0n) is 11.6. The van der Waals surface area contributed by atoms with Crippen molar-refractivity contribution in [1.82, 2.24) is 5.32 Å². The third-order valence-electron chi connectivity index (χ3n) is 2.73. The van der Waals surface area contributed by atoms with Gasteiger partial charge in [-0.25, -0.2) is 0 Å². The van der Waals surface area contributed by atoms with Crippen LogP contribution in [0.5, 0.6) is 11.5 Å². The fourth-order valence-electron chi connectivity index (χ4n) is 1.87. The number of hydrogen-bond acceptors (Lipinski definition) is 4. The van der Waals surface area contributed by atoms with Gasteiger partial charge in [-0.3, -0.25) is 0 Å². The Bertz CT molecular complexity index is 547. The van der Waals surface area contributed by atoms with Crippen LogP contribution in [0.25, 0.3) is 0 Å². The minimum Gasteiger partial charge on any atom is -0.490 e. The molecule has 0 aliphatic rings. The first-order chi connectivity index (χ1) is 10.2. The second-order valence-corrected chi connectivity index (χ2v) is 5.31. The van der Waals surface area contributed by atoms with Crippen LogP contribution >= 0.6 is 11.3 Å². The van der Waals surface area contributed by atoms with Gasteiger partial charge >= 0.3 is 6.61 Å². The highest BCUT2D eigenvalue weighted by molar-refractivity contribution is 7.09. The van der Waals surface area contributed by atoms with Crippen molar-refractivity contribution in [3.63, 3.8) is 0 Å². The van der Waals surface area contributed by atoms with Crippen molar-refractivity contribution < 1.29 is 18.3 Å². The largest absolute Gasteiger partial charge is 0.490 e. The van der Waals surface area contributed by atoms with Gasteiger partial charge in [0.1, 0.15) is 0 Å². The summed E-state index contributed by atoms with van der Waals surface area (Å²) in [6, 6.07) is 9.05. The molecule has 0 atom stereocenters. The number of benzene rings is 1. The van der Waals surface area contributed by atoms with E-state index >= 15 is 0 Å². The van der Waals surface area contributed by atoms with E-state index in [0.29, 0.717) is 18.9 Å². The quantitative estimate of drug-likeness (QED) is 0.798. The molecule has 0 aliphatic carbocycles.